The van der Waals surface area contributed by atoms with Gasteiger partial charge in [0.1, 0.15) is 27.6 Å². The van der Waals surface area contributed by atoms with Crippen LogP contribution in [0.3, 0.4) is 0 Å². The Bertz CT molecular complexity index is 7520. The molecule has 1 unspecified atom stereocenters. The smallest absolute Gasteiger partial charge is 0.337 e. The number of fused-ring (bicyclic) bond motifs is 10. The molecule has 0 amide bonds. The lowest BCUT2D eigenvalue weighted by atomic mass is 9.99. The van der Waals surface area contributed by atoms with E-state index in [-0.39, 0.29) is 5.69 Å². The number of aryl methyl sites for hydroxylation is 4. The molecule has 15 aromatic heterocycles. The maximum absolute atomic E-state index is 13.2. The minimum absolute atomic E-state index is 0.0379. The summed E-state index contributed by atoms with van der Waals surface area (Å²) in [7, 11) is 0. The van der Waals surface area contributed by atoms with Gasteiger partial charge in [-0.1, -0.05) is 48.9 Å². The highest BCUT2D eigenvalue weighted by molar-refractivity contribution is 5.98. The molecule has 26 nitrogen and oxygen atoms in total. The Morgan fingerprint density at radius 2 is 0.779 bits per heavy atom. The Morgan fingerprint density at radius 1 is 0.410 bits per heavy atom. The van der Waals surface area contributed by atoms with Crippen molar-refractivity contribution in [2.45, 2.75) is 53.1 Å². The van der Waals surface area contributed by atoms with Crippen LogP contribution in [0.15, 0.2) is 263 Å². The molecule has 0 radical (unpaired) electrons. The third kappa shape index (κ3) is 16.9. The van der Waals surface area contributed by atoms with Crippen molar-refractivity contribution in [1.82, 2.24) is 106 Å². The first-order valence-corrected chi connectivity index (χ1v) is 38.7. The molecule has 29 heteroatoms. The minimum Gasteiger partial charge on any atom is -0.337 e. The third-order valence-electron chi connectivity index (χ3n) is 20.0. The molecule has 122 heavy (non-hydrogen) atoms. The number of aromatic nitrogens is 21. The molecule has 0 aliphatic rings. The molecule has 1 atom stereocenters. The van der Waals surface area contributed by atoms with Gasteiger partial charge >= 0.3 is 6.18 Å². The van der Waals surface area contributed by atoms with Gasteiger partial charge in [-0.15, -0.1) is 13.0 Å². The van der Waals surface area contributed by atoms with Crippen LogP contribution >= 0.6 is 0 Å². The van der Waals surface area contributed by atoms with E-state index in [1.807, 2.05) is 154 Å². The minimum atomic E-state index is -4.34. The van der Waals surface area contributed by atoms with E-state index >= 15 is 0 Å². The van der Waals surface area contributed by atoms with Gasteiger partial charge in [0.2, 0.25) is 0 Å². The monoisotopic (exact) mass is 1610 g/mol. The largest absolute Gasteiger partial charge is 0.397 e. The SMILES string of the molecule is C#Cc1ccc2cc(Nc3n[nH]c4cccnc34)ccc2c1.C=CCc1nc(C)cc2cc(Nc3n[nH]c4cccnc34)ccc12.C=Cc1nc(C)cc2cc(Nc3n[nH]c4cccnc34)ccc12.Cc1cc2cc(Nc3n[nH]c4cccnc34)ccc2c(-n2cccn2)n1.Cc1cc2cc(Nc3n[nH]c4cccnc34)ccc2c(C(C)C(F)(F)F)n1. The van der Waals surface area contributed by atoms with Crippen LogP contribution in [0.2, 0.25) is 0 Å². The average Bonchev–Trinajstić information content (AvgIpc) is 0.897. The molecule has 0 aliphatic heterocycles. The van der Waals surface area contributed by atoms with Crippen LogP contribution in [0, 0.1) is 40.0 Å². The number of allylic oxidation sites excluding steroid dienone is 1. The van der Waals surface area contributed by atoms with Crippen molar-refractivity contribution < 1.29 is 13.2 Å². The lowest BCUT2D eigenvalue weighted by Gasteiger charge is -2.18. The molecule has 598 valence electrons. The highest BCUT2D eigenvalue weighted by Gasteiger charge is 2.39. The third-order valence-corrected chi connectivity index (χ3v) is 20.0. The Hall–Kier alpha value is -16.6. The summed E-state index contributed by atoms with van der Waals surface area (Å²) >= 11 is 0. The van der Waals surface area contributed by atoms with E-state index in [0.717, 1.165) is 186 Å². The summed E-state index contributed by atoms with van der Waals surface area (Å²) in [5, 5.41) is 67.0. The molecule has 0 bridgehead atoms. The highest BCUT2D eigenvalue weighted by atomic mass is 19.4. The number of hydrogen-bond acceptors (Lipinski definition) is 20. The predicted molar refractivity (Wildman–Crippen MR) is 479 cm³/mol. The van der Waals surface area contributed by atoms with Crippen LogP contribution in [0.25, 0.3) is 121 Å². The van der Waals surface area contributed by atoms with E-state index in [0.29, 0.717) is 39.3 Å². The quantitative estimate of drug-likeness (QED) is 0.0337. The predicted octanol–water partition coefficient (Wildman–Crippen LogP) is 21.3. The molecular weight excluding hydrogens is 1540 g/mol. The van der Waals surface area contributed by atoms with Gasteiger partial charge in [-0.25, -0.2) is 9.67 Å². The number of anilines is 10. The summed E-state index contributed by atoms with van der Waals surface area (Å²) in [5.41, 5.74) is 19.3. The summed E-state index contributed by atoms with van der Waals surface area (Å²) in [5.74, 6) is 5.26. The number of pyridine rings is 9. The molecule has 0 aliphatic carbocycles. The number of alkyl halides is 3. The second kappa shape index (κ2) is 33.9. The van der Waals surface area contributed by atoms with E-state index in [1.54, 1.807) is 85.2 Å². The number of rotatable bonds is 15. The normalized spacial score (nSPS) is 11.5. The number of H-pyrrole nitrogens is 5. The summed E-state index contributed by atoms with van der Waals surface area (Å²) in [4.78, 5) is 39.7. The number of terminal acetylenes is 1. The lowest BCUT2D eigenvalue weighted by molar-refractivity contribution is -0.146. The van der Waals surface area contributed by atoms with E-state index in [1.165, 1.54) is 0 Å². The zero-order valence-electron chi connectivity index (χ0n) is 66.3. The summed E-state index contributed by atoms with van der Waals surface area (Å²) in [6.45, 7) is 16.5. The van der Waals surface area contributed by atoms with Crippen molar-refractivity contribution in [3.8, 4) is 18.2 Å². The Kier molecular flexibility index (Phi) is 21.6. The first-order chi connectivity index (χ1) is 59.4. The zero-order chi connectivity index (χ0) is 84.0. The van der Waals surface area contributed by atoms with Gasteiger partial charge in [0.05, 0.1) is 50.6 Å². The molecule has 0 saturated carbocycles. The van der Waals surface area contributed by atoms with Gasteiger partial charge in [-0.3, -0.25) is 65.4 Å². The van der Waals surface area contributed by atoms with Crippen LogP contribution in [0.4, 0.5) is 70.7 Å². The Morgan fingerprint density at radius 3 is 1.20 bits per heavy atom. The van der Waals surface area contributed by atoms with E-state index in [4.69, 9.17) is 6.42 Å². The average molecular weight is 1610 g/mol. The van der Waals surface area contributed by atoms with E-state index in [2.05, 4.69) is 195 Å². The molecule has 10 N–H and O–H groups in total. The molecule has 15 heterocycles. The second-order valence-electron chi connectivity index (χ2n) is 28.7. The van der Waals surface area contributed by atoms with Crippen molar-refractivity contribution in [2.75, 3.05) is 26.6 Å². The van der Waals surface area contributed by atoms with Crippen LogP contribution in [0.1, 0.15) is 58.3 Å². The second-order valence-corrected chi connectivity index (χ2v) is 28.7. The number of benzene rings is 6. The summed E-state index contributed by atoms with van der Waals surface area (Å²) < 4.78 is 41.4. The molecular formula is C93H75F3N26. The standard InChI is InChI=1S/C19H16F3N5.C19H15N7.C19H17N5.C18H15N5.C18H12N4/c1-10-8-12-9-13(25-18-17-15(26-27-18)4-3-7-23-17)5-6-14(12)16(24-10)11(2)19(20,21)22;1-12-10-13-11-14(23-18-17-16(24-25-18)4-2-7-20-17)5-6-15(13)19(22-12)26-9-3-8-21-26;1-3-5-16-15-8-7-14(11-13(15)10-12(2)21-16)22-19-18-17(23-24-19)6-4-9-20-18;1-3-15-14-7-6-13(10-12(14)9-11(2)20-15)21-18-17-16(22-23-18)5-4-8-19-17;1-2-12-5-6-14-11-15(8-7-13(14)10-12)20-18-17-16(21-22-18)4-3-9-19-17/h3-9,11H,1-2H3,(H2,25,26,27);2-11H,1H3,(H2,23,24,25);3-4,6-11H,1,5H2,2H3,(H2,22,23,24);3-10H,1H2,2H3,(H2,21,22,23);1,3-11H,(H2,20,21,22). The van der Waals surface area contributed by atoms with Crippen LogP contribution < -0.4 is 26.6 Å². The molecule has 0 spiro atoms. The van der Waals surface area contributed by atoms with Gasteiger partial charge in [0.15, 0.2) is 34.9 Å². The first kappa shape index (κ1) is 77.9. The fraction of sp³-hybridized carbons (Fsp3) is 0.0860. The number of halogens is 3. The van der Waals surface area contributed by atoms with Crippen LogP contribution in [-0.2, 0) is 6.42 Å². The van der Waals surface area contributed by atoms with Crippen molar-refractivity contribution >= 4 is 173 Å². The topological polar surface area (TPSA) is 337 Å². The van der Waals surface area contributed by atoms with Gasteiger partial charge in [0, 0.05) is 128 Å². The highest BCUT2D eigenvalue weighted by Crippen LogP contribution is 2.39. The molecule has 0 fully saturated rings. The maximum atomic E-state index is 13.2. The van der Waals surface area contributed by atoms with Crippen LogP contribution in [0.5, 0.6) is 0 Å². The van der Waals surface area contributed by atoms with E-state index < -0.39 is 12.1 Å². The number of nitrogens with one attached hydrogen (secondary N) is 10. The Balaban J connectivity index is 0.000000109. The Labute approximate surface area is 693 Å². The van der Waals surface area contributed by atoms with E-state index in [9.17, 15) is 13.2 Å². The zero-order valence-corrected chi connectivity index (χ0v) is 66.3. The van der Waals surface area contributed by atoms with Gasteiger partial charge in [0.25, 0.3) is 0 Å². The summed E-state index contributed by atoms with van der Waals surface area (Å²) in [6, 6.07) is 64.6. The van der Waals surface area contributed by atoms with Gasteiger partial charge in [-0.2, -0.15) is 43.8 Å². The van der Waals surface area contributed by atoms with Crippen molar-refractivity contribution in [3.05, 3.63) is 308 Å². The molecule has 21 aromatic rings. The van der Waals surface area contributed by atoms with Crippen molar-refractivity contribution in [2.24, 2.45) is 0 Å². The van der Waals surface area contributed by atoms with Crippen molar-refractivity contribution in [3.63, 3.8) is 0 Å². The van der Waals surface area contributed by atoms with Crippen LogP contribution in [-0.4, -0.2) is 112 Å². The van der Waals surface area contributed by atoms with Gasteiger partial charge < -0.3 is 26.6 Å². The first-order valence-electron chi connectivity index (χ1n) is 38.7. The van der Waals surface area contributed by atoms with Gasteiger partial charge in [-0.05, 0) is 243 Å². The molecule has 6 aromatic carbocycles. The van der Waals surface area contributed by atoms with Crippen molar-refractivity contribution in [1.29, 1.82) is 0 Å². The maximum Gasteiger partial charge on any atom is 0.397 e. The molecule has 0 saturated heterocycles. The summed E-state index contributed by atoms with van der Waals surface area (Å²) in [6.07, 6.45) is 17.9. The number of aromatic amines is 5. The number of hydrogen-bond donors (Lipinski definition) is 10. The fourth-order valence-electron chi connectivity index (χ4n) is 14.3. The molecule has 21 rings (SSSR count). The lowest BCUT2D eigenvalue weighted by Crippen LogP contribution is -2.19. The fourth-order valence-corrected chi connectivity index (χ4v) is 14.3. The number of nitrogens with zero attached hydrogens (tertiary/aromatic N) is 16.